The van der Waals surface area contributed by atoms with Crippen LogP contribution in [0.15, 0.2) is 0 Å². The molecule has 0 radical (unpaired) electrons. The highest BCUT2D eigenvalue weighted by Gasteiger charge is 2.25. The zero-order valence-corrected chi connectivity index (χ0v) is 9.92. The van der Waals surface area contributed by atoms with E-state index in [1.54, 1.807) is 0 Å². The molecule has 0 amide bonds. The van der Waals surface area contributed by atoms with Crippen molar-refractivity contribution in [2.75, 3.05) is 6.54 Å². The molecule has 1 N–H and O–H groups in total. The molecular formula is C13H19N3. The zero-order chi connectivity index (χ0) is 11.0. The van der Waals surface area contributed by atoms with E-state index in [1.165, 1.54) is 42.6 Å². The standard InChI is InChI=1S/C13H19N3/c1-9-15-12-6-7-14-8-11(12)13(16-9)10-4-2-3-5-10/h10,14H,2-8H2,1H3. The maximum absolute atomic E-state index is 4.72. The molecular weight excluding hydrogens is 198 g/mol. The van der Waals surface area contributed by atoms with Crippen molar-refractivity contribution in [1.82, 2.24) is 15.3 Å². The largest absolute Gasteiger partial charge is 0.312 e. The summed E-state index contributed by atoms with van der Waals surface area (Å²) in [5.74, 6) is 1.66. The summed E-state index contributed by atoms with van der Waals surface area (Å²) < 4.78 is 0. The molecule has 0 saturated heterocycles. The Kier molecular flexibility index (Phi) is 2.64. The van der Waals surface area contributed by atoms with Gasteiger partial charge in [-0.15, -0.1) is 0 Å². The van der Waals surface area contributed by atoms with Crippen LogP contribution in [0.2, 0.25) is 0 Å². The summed E-state index contributed by atoms with van der Waals surface area (Å²) in [5.41, 5.74) is 4.06. The molecule has 0 spiro atoms. The lowest BCUT2D eigenvalue weighted by Crippen LogP contribution is -2.27. The summed E-state index contributed by atoms with van der Waals surface area (Å²) in [5, 5.41) is 3.44. The minimum atomic E-state index is 0.704. The molecule has 1 aliphatic carbocycles. The second kappa shape index (κ2) is 4.13. The molecule has 0 unspecified atom stereocenters. The monoisotopic (exact) mass is 217 g/mol. The zero-order valence-electron chi connectivity index (χ0n) is 9.92. The summed E-state index contributed by atoms with van der Waals surface area (Å²) in [6, 6.07) is 0. The van der Waals surface area contributed by atoms with E-state index in [2.05, 4.69) is 10.3 Å². The Morgan fingerprint density at radius 3 is 2.81 bits per heavy atom. The molecule has 3 rings (SSSR count). The predicted octanol–water partition coefficient (Wildman–Crippen LogP) is 2.09. The molecule has 1 fully saturated rings. The van der Waals surface area contributed by atoms with Crippen LogP contribution >= 0.6 is 0 Å². The van der Waals surface area contributed by atoms with E-state index in [9.17, 15) is 0 Å². The van der Waals surface area contributed by atoms with Gasteiger partial charge < -0.3 is 5.32 Å². The minimum absolute atomic E-state index is 0.704. The van der Waals surface area contributed by atoms with Gasteiger partial charge in [-0.3, -0.25) is 0 Å². The first-order valence-electron chi connectivity index (χ1n) is 6.41. The maximum atomic E-state index is 4.72. The van der Waals surface area contributed by atoms with Gasteiger partial charge in [0.15, 0.2) is 0 Å². The number of hydrogen-bond donors (Lipinski definition) is 1. The molecule has 1 aliphatic heterocycles. The van der Waals surface area contributed by atoms with E-state index < -0.39 is 0 Å². The van der Waals surface area contributed by atoms with Crippen molar-refractivity contribution >= 4 is 0 Å². The Bertz CT molecular complexity index is 394. The molecule has 2 heterocycles. The van der Waals surface area contributed by atoms with Crippen LogP contribution in [0.5, 0.6) is 0 Å². The number of hydrogen-bond acceptors (Lipinski definition) is 3. The predicted molar refractivity (Wildman–Crippen MR) is 63.4 cm³/mol. The summed E-state index contributed by atoms with van der Waals surface area (Å²) >= 11 is 0. The van der Waals surface area contributed by atoms with Gasteiger partial charge in [0.05, 0.1) is 11.4 Å². The van der Waals surface area contributed by atoms with Crippen LogP contribution in [0.1, 0.15) is 54.4 Å². The Morgan fingerprint density at radius 1 is 1.19 bits per heavy atom. The fraction of sp³-hybridized carbons (Fsp3) is 0.692. The van der Waals surface area contributed by atoms with Gasteiger partial charge in [0.2, 0.25) is 0 Å². The quantitative estimate of drug-likeness (QED) is 0.782. The highest BCUT2D eigenvalue weighted by Crippen LogP contribution is 2.35. The van der Waals surface area contributed by atoms with Crippen LogP contribution in [-0.4, -0.2) is 16.5 Å². The number of rotatable bonds is 1. The summed E-state index contributed by atoms with van der Waals surface area (Å²) in [4.78, 5) is 9.31. The number of aryl methyl sites for hydroxylation is 1. The van der Waals surface area contributed by atoms with Gasteiger partial charge in [-0.2, -0.15) is 0 Å². The lowest BCUT2D eigenvalue weighted by molar-refractivity contribution is 0.589. The summed E-state index contributed by atoms with van der Waals surface area (Å²) in [6.45, 7) is 4.07. The van der Waals surface area contributed by atoms with Crippen LogP contribution in [0.4, 0.5) is 0 Å². The lowest BCUT2D eigenvalue weighted by atomic mass is 9.95. The van der Waals surface area contributed by atoms with Crippen LogP contribution in [0.3, 0.4) is 0 Å². The third kappa shape index (κ3) is 1.73. The topological polar surface area (TPSA) is 37.8 Å². The Labute approximate surface area is 96.7 Å². The SMILES string of the molecule is Cc1nc2c(c(C3CCCC3)n1)CNCC2. The lowest BCUT2D eigenvalue weighted by Gasteiger charge is -2.22. The van der Waals surface area contributed by atoms with Gasteiger partial charge in [-0.05, 0) is 19.8 Å². The molecule has 1 aromatic heterocycles. The van der Waals surface area contributed by atoms with E-state index in [4.69, 9.17) is 4.98 Å². The van der Waals surface area contributed by atoms with Crippen LogP contribution in [0, 0.1) is 6.92 Å². The number of nitrogens with zero attached hydrogens (tertiary/aromatic N) is 2. The van der Waals surface area contributed by atoms with Crippen molar-refractivity contribution in [2.45, 2.75) is 51.5 Å². The fourth-order valence-electron chi connectivity index (χ4n) is 3.03. The van der Waals surface area contributed by atoms with Gasteiger partial charge >= 0.3 is 0 Å². The normalized spacial score (nSPS) is 21.1. The molecule has 86 valence electrons. The molecule has 0 aromatic carbocycles. The van der Waals surface area contributed by atoms with E-state index in [0.29, 0.717) is 5.92 Å². The average Bonchev–Trinajstić information content (AvgIpc) is 2.81. The van der Waals surface area contributed by atoms with E-state index in [0.717, 1.165) is 25.3 Å². The first-order chi connectivity index (χ1) is 7.84. The molecule has 0 atom stereocenters. The highest BCUT2D eigenvalue weighted by atomic mass is 14.9. The van der Waals surface area contributed by atoms with Crippen LogP contribution < -0.4 is 5.32 Å². The summed E-state index contributed by atoms with van der Waals surface area (Å²) in [7, 11) is 0. The summed E-state index contributed by atoms with van der Waals surface area (Å²) in [6.07, 6.45) is 6.45. The van der Waals surface area contributed by atoms with Gasteiger partial charge in [0.25, 0.3) is 0 Å². The maximum Gasteiger partial charge on any atom is 0.125 e. The number of nitrogens with one attached hydrogen (secondary N) is 1. The van der Waals surface area contributed by atoms with Crippen molar-refractivity contribution in [2.24, 2.45) is 0 Å². The second-order valence-corrected chi connectivity index (χ2v) is 4.99. The third-order valence-corrected chi connectivity index (χ3v) is 3.82. The molecule has 1 saturated carbocycles. The number of fused-ring (bicyclic) bond motifs is 1. The molecule has 1 aromatic rings. The second-order valence-electron chi connectivity index (χ2n) is 4.99. The Balaban J connectivity index is 2.04. The number of aromatic nitrogens is 2. The van der Waals surface area contributed by atoms with Gasteiger partial charge in [-0.1, -0.05) is 12.8 Å². The van der Waals surface area contributed by atoms with Gasteiger partial charge in [-0.25, -0.2) is 9.97 Å². The van der Waals surface area contributed by atoms with Crippen LogP contribution in [-0.2, 0) is 13.0 Å². The van der Waals surface area contributed by atoms with Crippen molar-refractivity contribution in [3.63, 3.8) is 0 Å². The first-order valence-corrected chi connectivity index (χ1v) is 6.41. The van der Waals surface area contributed by atoms with Gasteiger partial charge in [0.1, 0.15) is 5.82 Å². The Hall–Kier alpha value is -0.960. The Morgan fingerprint density at radius 2 is 2.00 bits per heavy atom. The molecule has 3 heteroatoms. The third-order valence-electron chi connectivity index (χ3n) is 3.82. The fourth-order valence-corrected chi connectivity index (χ4v) is 3.03. The first kappa shape index (κ1) is 10.2. The van der Waals surface area contributed by atoms with Crippen LogP contribution in [0.25, 0.3) is 0 Å². The van der Waals surface area contributed by atoms with E-state index in [1.807, 2.05) is 6.92 Å². The molecule has 0 bridgehead atoms. The molecule has 16 heavy (non-hydrogen) atoms. The van der Waals surface area contributed by atoms with Crippen molar-refractivity contribution in [1.29, 1.82) is 0 Å². The van der Waals surface area contributed by atoms with E-state index >= 15 is 0 Å². The van der Waals surface area contributed by atoms with Gasteiger partial charge in [0, 0.05) is 31.0 Å². The smallest absolute Gasteiger partial charge is 0.125 e. The van der Waals surface area contributed by atoms with Crippen molar-refractivity contribution in [3.8, 4) is 0 Å². The average molecular weight is 217 g/mol. The molecule has 3 nitrogen and oxygen atoms in total. The molecule has 2 aliphatic rings. The minimum Gasteiger partial charge on any atom is -0.312 e. The van der Waals surface area contributed by atoms with Crippen molar-refractivity contribution < 1.29 is 0 Å². The van der Waals surface area contributed by atoms with Crippen molar-refractivity contribution in [3.05, 3.63) is 22.8 Å². The highest BCUT2D eigenvalue weighted by molar-refractivity contribution is 5.31. The van der Waals surface area contributed by atoms with E-state index in [-0.39, 0.29) is 0 Å².